The van der Waals surface area contributed by atoms with Gasteiger partial charge in [-0.1, -0.05) is 58.8 Å². The minimum absolute atomic E-state index is 1.37. The summed E-state index contributed by atoms with van der Waals surface area (Å²) in [6.07, 6.45) is 9.97. The molecule has 0 fully saturated rings. The van der Waals surface area contributed by atoms with E-state index in [1.54, 1.807) is 9.12 Å². The summed E-state index contributed by atoms with van der Waals surface area (Å²) in [5.41, 5.74) is 0. The van der Waals surface area contributed by atoms with Crippen LogP contribution in [0.3, 0.4) is 0 Å². The lowest BCUT2D eigenvalue weighted by Crippen LogP contribution is -1.76. The van der Waals surface area contributed by atoms with Crippen LogP contribution in [0.1, 0.15) is 58.8 Å². The predicted molar refractivity (Wildman–Crippen MR) is 52.7 cm³/mol. The summed E-state index contributed by atoms with van der Waals surface area (Å²) < 4.78 is 8.06. The van der Waals surface area contributed by atoms with E-state index in [9.17, 15) is 0 Å². The zero-order chi connectivity index (χ0) is 8.95. The Balaban J connectivity index is 0. The molecule has 0 radical (unpaired) electrons. The van der Waals surface area contributed by atoms with Crippen LogP contribution >= 0.6 is 9.12 Å². The lowest BCUT2D eigenvalue weighted by molar-refractivity contribution is 0.602. The molecular weight excluding hydrogens is 155 g/mol. The zero-order valence-corrected chi connectivity index (χ0v) is 8.86. The highest BCUT2D eigenvalue weighted by Crippen LogP contribution is 2.05. The van der Waals surface area contributed by atoms with Gasteiger partial charge < -0.3 is 0 Å². The number of hydrogen-bond acceptors (Lipinski definition) is 1. The molecule has 0 saturated carbocycles. The molecule has 0 saturated heterocycles. The van der Waals surface area contributed by atoms with Crippen LogP contribution in [0, 0.1) is 0 Å². The van der Waals surface area contributed by atoms with Gasteiger partial charge in [0.1, 0.15) is 9.12 Å². The quantitative estimate of drug-likeness (QED) is 0.437. The standard InChI is InChI=1S/C9H20.HOP/c1-3-5-7-9-8-6-4-2;1-2/h3-9H2,1-2H3;2H. The van der Waals surface area contributed by atoms with Gasteiger partial charge in [-0.2, -0.15) is 0 Å². The molecule has 0 aromatic rings. The van der Waals surface area contributed by atoms with Crippen LogP contribution in [-0.4, -0.2) is 0 Å². The third-order valence-electron chi connectivity index (χ3n) is 1.71. The van der Waals surface area contributed by atoms with Gasteiger partial charge in [0, 0.05) is 0 Å². The topological polar surface area (TPSA) is 17.1 Å². The zero-order valence-electron chi connectivity index (χ0n) is 7.86. The second kappa shape index (κ2) is 16.6. The first-order valence-corrected chi connectivity index (χ1v) is 5.03. The lowest BCUT2D eigenvalue weighted by Gasteiger charge is -1.96. The fourth-order valence-corrected chi connectivity index (χ4v) is 1.03. The Morgan fingerprint density at radius 1 is 0.727 bits per heavy atom. The van der Waals surface area contributed by atoms with Crippen molar-refractivity contribution in [1.82, 2.24) is 0 Å². The van der Waals surface area contributed by atoms with Gasteiger partial charge in [-0.3, -0.25) is 4.57 Å². The summed E-state index contributed by atoms with van der Waals surface area (Å²) in [5, 5.41) is 0. The van der Waals surface area contributed by atoms with E-state index >= 15 is 0 Å². The maximum atomic E-state index is 8.06. The molecule has 0 rings (SSSR count). The average Bonchev–Trinajstić information content (AvgIpc) is 2.08. The summed E-state index contributed by atoms with van der Waals surface area (Å²) in [7, 11) is 1.72. The SMILES string of the molecule is CCCCCCCCC.O=P. The Hall–Kier alpha value is 0.100. The van der Waals surface area contributed by atoms with Crippen molar-refractivity contribution in [3.63, 3.8) is 0 Å². The Morgan fingerprint density at radius 2 is 1.00 bits per heavy atom. The molecule has 0 aliphatic carbocycles. The Morgan fingerprint density at radius 3 is 1.27 bits per heavy atom. The summed E-state index contributed by atoms with van der Waals surface area (Å²) >= 11 is 0. The number of hydrogen-bond donors (Lipinski definition) is 0. The van der Waals surface area contributed by atoms with E-state index in [0.717, 1.165) is 0 Å². The smallest absolute Gasteiger partial charge is 0.138 e. The molecule has 0 aliphatic rings. The Bertz CT molecular complexity index is 51.5. The van der Waals surface area contributed by atoms with E-state index in [1.807, 2.05) is 0 Å². The van der Waals surface area contributed by atoms with Gasteiger partial charge in [-0.15, -0.1) is 0 Å². The molecule has 0 atom stereocenters. The van der Waals surface area contributed by atoms with Crippen LogP contribution in [0.15, 0.2) is 0 Å². The molecule has 1 nitrogen and oxygen atoms in total. The lowest BCUT2D eigenvalue weighted by atomic mass is 10.1. The van der Waals surface area contributed by atoms with Gasteiger partial charge in [0.2, 0.25) is 0 Å². The maximum absolute atomic E-state index is 8.06. The molecule has 0 aromatic heterocycles. The second-order valence-electron chi connectivity index (χ2n) is 2.77. The molecular formula is C9H21OP. The van der Waals surface area contributed by atoms with Gasteiger partial charge in [-0.25, -0.2) is 0 Å². The summed E-state index contributed by atoms with van der Waals surface area (Å²) in [5.74, 6) is 0. The average molecular weight is 176 g/mol. The molecule has 0 bridgehead atoms. The van der Waals surface area contributed by atoms with E-state index < -0.39 is 0 Å². The van der Waals surface area contributed by atoms with Crippen LogP contribution in [0.25, 0.3) is 0 Å². The third kappa shape index (κ3) is 17.8. The molecule has 0 aromatic carbocycles. The highest BCUT2D eigenvalue weighted by atomic mass is 31.0. The van der Waals surface area contributed by atoms with Crippen molar-refractivity contribution in [2.24, 2.45) is 0 Å². The summed E-state index contributed by atoms with van der Waals surface area (Å²) in [6.45, 7) is 4.53. The van der Waals surface area contributed by atoms with E-state index in [-0.39, 0.29) is 0 Å². The first kappa shape index (κ1) is 13.7. The predicted octanol–water partition coefficient (Wildman–Crippen LogP) is 4.23. The minimum Gasteiger partial charge on any atom is -0.279 e. The van der Waals surface area contributed by atoms with Crippen LogP contribution in [0.4, 0.5) is 0 Å². The van der Waals surface area contributed by atoms with Crippen molar-refractivity contribution in [1.29, 1.82) is 0 Å². The fourth-order valence-electron chi connectivity index (χ4n) is 1.03. The molecule has 0 amide bonds. The molecule has 0 unspecified atom stereocenters. The number of unbranched alkanes of at least 4 members (excludes halogenated alkanes) is 6. The summed E-state index contributed by atoms with van der Waals surface area (Å²) in [4.78, 5) is 0. The van der Waals surface area contributed by atoms with E-state index in [2.05, 4.69) is 13.8 Å². The van der Waals surface area contributed by atoms with Gasteiger partial charge in [0.25, 0.3) is 0 Å². The molecule has 0 aliphatic heterocycles. The molecule has 68 valence electrons. The fraction of sp³-hybridized carbons (Fsp3) is 1.00. The first-order valence-electron chi connectivity index (χ1n) is 4.62. The van der Waals surface area contributed by atoms with Gasteiger partial charge in [0.15, 0.2) is 0 Å². The molecule has 11 heavy (non-hydrogen) atoms. The van der Waals surface area contributed by atoms with Crippen molar-refractivity contribution in [2.75, 3.05) is 0 Å². The van der Waals surface area contributed by atoms with Gasteiger partial charge >= 0.3 is 0 Å². The Labute approximate surface area is 73.2 Å². The van der Waals surface area contributed by atoms with Crippen molar-refractivity contribution >= 4 is 9.12 Å². The van der Waals surface area contributed by atoms with Crippen molar-refractivity contribution in [3.05, 3.63) is 0 Å². The first-order chi connectivity index (χ1) is 5.41. The van der Waals surface area contributed by atoms with Crippen molar-refractivity contribution in [2.45, 2.75) is 58.8 Å². The molecule has 0 spiro atoms. The van der Waals surface area contributed by atoms with Crippen LogP contribution < -0.4 is 0 Å². The van der Waals surface area contributed by atoms with Gasteiger partial charge in [0.05, 0.1) is 0 Å². The number of rotatable bonds is 6. The van der Waals surface area contributed by atoms with Crippen LogP contribution in [0.2, 0.25) is 0 Å². The highest BCUT2D eigenvalue weighted by molar-refractivity contribution is 7.00. The van der Waals surface area contributed by atoms with Crippen molar-refractivity contribution in [3.8, 4) is 0 Å². The molecule has 0 N–H and O–H groups in total. The van der Waals surface area contributed by atoms with Gasteiger partial charge in [-0.05, 0) is 0 Å². The largest absolute Gasteiger partial charge is 0.279 e. The Kier molecular flexibility index (Phi) is 20.6. The van der Waals surface area contributed by atoms with Crippen LogP contribution in [0.5, 0.6) is 0 Å². The van der Waals surface area contributed by atoms with E-state index in [1.165, 1.54) is 44.9 Å². The minimum atomic E-state index is 1.37. The highest BCUT2D eigenvalue weighted by Gasteiger charge is 1.85. The third-order valence-corrected chi connectivity index (χ3v) is 1.71. The second-order valence-corrected chi connectivity index (χ2v) is 2.77. The normalized spacial score (nSPS) is 8.55. The maximum Gasteiger partial charge on any atom is 0.138 e. The molecule has 0 heterocycles. The monoisotopic (exact) mass is 176 g/mol. The molecule has 2 heteroatoms. The van der Waals surface area contributed by atoms with Crippen LogP contribution in [-0.2, 0) is 4.57 Å². The summed E-state index contributed by atoms with van der Waals surface area (Å²) in [6, 6.07) is 0. The van der Waals surface area contributed by atoms with E-state index in [0.29, 0.717) is 0 Å². The van der Waals surface area contributed by atoms with E-state index in [4.69, 9.17) is 4.57 Å². The van der Waals surface area contributed by atoms with Crippen molar-refractivity contribution < 1.29 is 4.57 Å².